The smallest absolute Gasteiger partial charge is 0.417 e. The van der Waals surface area contributed by atoms with Crippen LogP contribution in [0.1, 0.15) is 28.5 Å². The van der Waals surface area contributed by atoms with Gasteiger partial charge in [-0.15, -0.1) is 11.3 Å². The fourth-order valence-electron chi connectivity index (χ4n) is 2.59. The van der Waals surface area contributed by atoms with Gasteiger partial charge in [-0.25, -0.2) is 4.98 Å². The SMILES string of the molecule is O=C(C[C@H]1OCCc2ccsc21)NCCOc1ccc(C(F)(F)F)cn1. The molecule has 3 rings (SSSR count). The maximum absolute atomic E-state index is 12.4. The van der Waals surface area contributed by atoms with Crippen molar-refractivity contribution in [2.24, 2.45) is 0 Å². The summed E-state index contributed by atoms with van der Waals surface area (Å²) in [5, 5.41) is 4.71. The molecule has 140 valence electrons. The maximum Gasteiger partial charge on any atom is 0.417 e. The lowest BCUT2D eigenvalue weighted by molar-refractivity contribution is -0.137. The highest BCUT2D eigenvalue weighted by atomic mass is 32.1. The van der Waals surface area contributed by atoms with E-state index in [9.17, 15) is 18.0 Å². The predicted octanol–water partition coefficient (Wildman–Crippen LogP) is 3.36. The third kappa shape index (κ3) is 4.73. The Morgan fingerprint density at radius 2 is 2.23 bits per heavy atom. The van der Waals surface area contributed by atoms with E-state index in [0.717, 1.165) is 23.4 Å². The number of halogens is 3. The topological polar surface area (TPSA) is 60.5 Å². The van der Waals surface area contributed by atoms with Crippen molar-refractivity contribution in [3.63, 3.8) is 0 Å². The van der Waals surface area contributed by atoms with Crippen LogP contribution in [0.2, 0.25) is 0 Å². The molecule has 9 heteroatoms. The van der Waals surface area contributed by atoms with Crippen molar-refractivity contribution in [2.75, 3.05) is 19.8 Å². The lowest BCUT2D eigenvalue weighted by Crippen LogP contribution is -2.30. The third-order valence-corrected chi connectivity index (χ3v) is 4.92. The van der Waals surface area contributed by atoms with Crippen LogP contribution in [-0.4, -0.2) is 30.6 Å². The second-order valence-electron chi connectivity index (χ2n) is 5.70. The number of nitrogens with zero attached hydrogens (tertiary/aromatic N) is 1. The number of fused-ring (bicyclic) bond motifs is 1. The molecule has 2 aromatic heterocycles. The van der Waals surface area contributed by atoms with E-state index in [4.69, 9.17) is 9.47 Å². The number of hydrogen-bond acceptors (Lipinski definition) is 5. The van der Waals surface area contributed by atoms with E-state index in [0.29, 0.717) is 12.8 Å². The molecule has 1 atom stereocenters. The molecule has 0 unspecified atom stereocenters. The van der Waals surface area contributed by atoms with Gasteiger partial charge in [0.15, 0.2) is 0 Å². The molecule has 2 aromatic rings. The fraction of sp³-hybridized carbons (Fsp3) is 0.412. The molecule has 1 N–H and O–H groups in total. The summed E-state index contributed by atoms with van der Waals surface area (Å²) in [7, 11) is 0. The lowest BCUT2D eigenvalue weighted by Gasteiger charge is -2.22. The van der Waals surface area contributed by atoms with Crippen LogP contribution < -0.4 is 10.1 Å². The summed E-state index contributed by atoms with van der Waals surface area (Å²) in [6.07, 6.45) is -2.84. The zero-order valence-corrected chi connectivity index (χ0v) is 14.5. The number of ether oxygens (including phenoxy) is 2. The molecule has 3 heterocycles. The monoisotopic (exact) mass is 386 g/mol. The van der Waals surface area contributed by atoms with Crippen LogP contribution in [0.3, 0.4) is 0 Å². The lowest BCUT2D eigenvalue weighted by atomic mass is 10.1. The van der Waals surface area contributed by atoms with E-state index in [-0.39, 0.29) is 37.5 Å². The zero-order valence-electron chi connectivity index (χ0n) is 13.7. The van der Waals surface area contributed by atoms with Crippen LogP contribution in [0.25, 0.3) is 0 Å². The van der Waals surface area contributed by atoms with Crippen molar-refractivity contribution >= 4 is 17.2 Å². The number of carbonyl (C=O) groups is 1. The van der Waals surface area contributed by atoms with Crippen LogP contribution in [0.4, 0.5) is 13.2 Å². The average molecular weight is 386 g/mol. The molecule has 0 bridgehead atoms. The minimum absolute atomic E-state index is 0.0751. The Morgan fingerprint density at radius 1 is 1.38 bits per heavy atom. The first kappa shape index (κ1) is 18.7. The Kier molecular flexibility index (Phi) is 5.77. The Morgan fingerprint density at radius 3 is 2.96 bits per heavy atom. The summed E-state index contributed by atoms with van der Waals surface area (Å²) < 4.78 is 48.2. The first-order valence-corrected chi connectivity index (χ1v) is 8.92. The van der Waals surface area contributed by atoms with Gasteiger partial charge in [-0.2, -0.15) is 13.2 Å². The van der Waals surface area contributed by atoms with E-state index in [1.807, 2.05) is 5.38 Å². The van der Waals surface area contributed by atoms with Crippen LogP contribution in [-0.2, 0) is 22.1 Å². The minimum Gasteiger partial charge on any atom is -0.476 e. The summed E-state index contributed by atoms with van der Waals surface area (Å²) in [6, 6.07) is 4.11. The Balaban J connectivity index is 1.40. The zero-order chi connectivity index (χ0) is 18.6. The second kappa shape index (κ2) is 8.05. The number of thiophene rings is 1. The van der Waals surface area contributed by atoms with Gasteiger partial charge in [-0.3, -0.25) is 4.79 Å². The highest BCUT2D eigenvalue weighted by Gasteiger charge is 2.30. The number of hydrogen-bond donors (Lipinski definition) is 1. The second-order valence-corrected chi connectivity index (χ2v) is 6.65. The van der Waals surface area contributed by atoms with Crippen molar-refractivity contribution < 1.29 is 27.4 Å². The van der Waals surface area contributed by atoms with Crippen molar-refractivity contribution in [1.29, 1.82) is 0 Å². The van der Waals surface area contributed by atoms with E-state index in [1.54, 1.807) is 11.3 Å². The molecule has 5 nitrogen and oxygen atoms in total. The van der Waals surface area contributed by atoms with Crippen molar-refractivity contribution in [1.82, 2.24) is 10.3 Å². The highest BCUT2D eigenvalue weighted by molar-refractivity contribution is 7.10. The molecule has 26 heavy (non-hydrogen) atoms. The molecule has 0 fully saturated rings. The number of amides is 1. The molecule has 0 aromatic carbocycles. The summed E-state index contributed by atoms with van der Waals surface area (Å²) in [6.45, 7) is 0.940. The van der Waals surface area contributed by atoms with Crippen LogP contribution >= 0.6 is 11.3 Å². The summed E-state index contributed by atoms with van der Waals surface area (Å²) in [5.74, 6) is -0.0914. The van der Waals surface area contributed by atoms with Gasteiger partial charge in [0.25, 0.3) is 0 Å². The Bertz CT molecular complexity index is 746. The molecular formula is C17H17F3N2O3S. The van der Waals surface area contributed by atoms with Gasteiger partial charge in [0, 0.05) is 17.1 Å². The van der Waals surface area contributed by atoms with Gasteiger partial charge in [-0.05, 0) is 29.5 Å². The predicted molar refractivity (Wildman–Crippen MR) is 89.1 cm³/mol. The minimum atomic E-state index is -4.43. The Labute approximate surface area is 152 Å². The molecular weight excluding hydrogens is 369 g/mol. The van der Waals surface area contributed by atoms with E-state index >= 15 is 0 Å². The largest absolute Gasteiger partial charge is 0.476 e. The molecule has 0 radical (unpaired) electrons. The van der Waals surface area contributed by atoms with Crippen LogP contribution in [0.15, 0.2) is 29.8 Å². The van der Waals surface area contributed by atoms with Gasteiger partial charge in [0.1, 0.15) is 12.7 Å². The number of alkyl halides is 3. The number of aromatic nitrogens is 1. The summed E-state index contributed by atoms with van der Waals surface area (Å²) in [4.78, 5) is 16.7. The average Bonchev–Trinajstić information content (AvgIpc) is 3.08. The van der Waals surface area contributed by atoms with Crippen LogP contribution in [0, 0.1) is 0 Å². The molecule has 1 amide bonds. The summed E-state index contributed by atoms with van der Waals surface area (Å²) in [5.41, 5.74) is 0.398. The highest BCUT2D eigenvalue weighted by Crippen LogP contribution is 2.33. The molecule has 0 aliphatic carbocycles. The normalized spacial score (nSPS) is 16.8. The molecule has 1 aliphatic rings. The number of pyridine rings is 1. The quantitative estimate of drug-likeness (QED) is 0.774. The first-order valence-electron chi connectivity index (χ1n) is 8.04. The van der Waals surface area contributed by atoms with E-state index < -0.39 is 11.7 Å². The molecule has 1 aliphatic heterocycles. The molecule has 0 saturated heterocycles. The van der Waals surface area contributed by atoms with Gasteiger partial charge in [0.2, 0.25) is 11.8 Å². The summed E-state index contributed by atoms with van der Waals surface area (Å²) >= 11 is 1.59. The number of rotatable bonds is 6. The van der Waals surface area contributed by atoms with Crippen molar-refractivity contribution in [3.8, 4) is 5.88 Å². The van der Waals surface area contributed by atoms with E-state index in [1.165, 1.54) is 5.56 Å². The van der Waals surface area contributed by atoms with Crippen molar-refractivity contribution in [2.45, 2.75) is 25.1 Å². The van der Waals surface area contributed by atoms with Gasteiger partial charge < -0.3 is 14.8 Å². The Hall–Kier alpha value is -2.13. The van der Waals surface area contributed by atoms with Gasteiger partial charge in [-0.1, -0.05) is 0 Å². The fourth-order valence-corrected chi connectivity index (χ4v) is 3.60. The maximum atomic E-state index is 12.4. The van der Waals surface area contributed by atoms with E-state index in [2.05, 4.69) is 16.4 Å². The van der Waals surface area contributed by atoms with Crippen molar-refractivity contribution in [3.05, 3.63) is 45.8 Å². The first-order chi connectivity index (χ1) is 12.4. The number of carbonyl (C=O) groups excluding carboxylic acids is 1. The van der Waals surface area contributed by atoms with Gasteiger partial charge >= 0.3 is 6.18 Å². The molecule has 0 spiro atoms. The third-order valence-electron chi connectivity index (χ3n) is 3.87. The van der Waals surface area contributed by atoms with Gasteiger partial charge in [0.05, 0.1) is 25.1 Å². The molecule has 0 saturated carbocycles. The van der Waals surface area contributed by atoms with Crippen LogP contribution in [0.5, 0.6) is 5.88 Å². The standard InChI is InChI=1S/C17H17F3N2O3S/c18-17(19,20)12-1-2-15(22-10-12)25-7-5-21-14(23)9-13-16-11(3-6-24-13)4-8-26-16/h1-2,4,8,10,13H,3,5-7,9H2,(H,21,23)/t13-/m1/s1. The number of nitrogens with one attached hydrogen (secondary N) is 1.